The number of carbonyl (C=O) groups excluding carboxylic acids is 2. The first-order valence-electron chi connectivity index (χ1n) is 20.4. The van der Waals surface area contributed by atoms with E-state index in [0.717, 1.165) is 12.2 Å². The molecule has 0 heterocycles. The molecule has 0 aliphatic rings. The van der Waals surface area contributed by atoms with Crippen molar-refractivity contribution in [3.63, 3.8) is 0 Å². The lowest BCUT2D eigenvalue weighted by molar-refractivity contribution is -0.140. The quantitative estimate of drug-likeness (QED) is 0.0336. The minimum Gasteiger partial charge on any atom is -0.463 e. The van der Waals surface area contributed by atoms with Crippen LogP contribution in [0.4, 0.5) is 0 Å². The van der Waals surface area contributed by atoms with E-state index in [1.54, 1.807) is 0 Å². The summed E-state index contributed by atoms with van der Waals surface area (Å²) < 4.78 is 89.4. The third-order valence-electron chi connectivity index (χ3n) is 8.76. The van der Waals surface area contributed by atoms with Crippen molar-refractivity contribution >= 4 is 164 Å². The van der Waals surface area contributed by atoms with E-state index < -0.39 is 174 Å². The third kappa shape index (κ3) is 15.2. The molecule has 0 spiro atoms. The van der Waals surface area contributed by atoms with Gasteiger partial charge in [-0.05, 0) is 12.8 Å². The van der Waals surface area contributed by atoms with E-state index in [4.69, 9.17) is 58.9 Å². The SMILES string of the molecule is C[SiH2]O[Si](O[SiH2]C)(O[SiH2]C)C(C)(CCOC(=O)/C=C/C(=O)OCCC(C)([Si](O[SiH2]C)(O[SiH2]C)O[SiH2]C)[Si](O[SiH2]C)(O[SiH2]C)O[SiH2]C)[Si](O[SiH2]C)(O[SiH2]C)O[SiH2]C. The number of ether oxygens (including phenoxy) is 2. The molecule has 0 fully saturated rings. The number of rotatable bonds is 36. The predicted molar refractivity (Wildman–Crippen MR) is 266 cm³/mol. The van der Waals surface area contributed by atoms with E-state index in [2.05, 4.69) is 92.4 Å². The summed E-state index contributed by atoms with van der Waals surface area (Å²) in [6.45, 7) is 28.9. The van der Waals surface area contributed by atoms with Crippen LogP contribution in [-0.2, 0) is 68.4 Å². The van der Waals surface area contributed by atoms with Gasteiger partial charge in [0.2, 0.25) is 0 Å². The van der Waals surface area contributed by atoms with Gasteiger partial charge in [0, 0.05) is 12.2 Å². The molecule has 0 aromatic heterocycles. The van der Waals surface area contributed by atoms with Crippen LogP contribution >= 0.6 is 0 Å². The van der Waals surface area contributed by atoms with Crippen molar-refractivity contribution in [2.75, 3.05) is 13.2 Å². The fourth-order valence-electron chi connectivity index (χ4n) is 6.62. The second-order valence-electron chi connectivity index (χ2n) is 12.3. The summed E-state index contributed by atoms with van der Waals surface area (Å²) in [5.41, 5.74) is 0. The van der Waals surface area contributed by atoms with Gasteiger partial charge in [-0.1, -0.05) is 92.4 Å². The van der Waals surface area contributed by atoms with E-state index in [1.807, 2.05) is 0 Å². The van der Waals surface area contributed by atoms with Crippen LogP contribution < -0.4 is 0 Å². The zero-order chi connectivity index (χ0) is 42.8. The highest BCUT2D eigenvalue weighted by molar-refractivity contribution is 6.94. The molecule has 0 aromatic carbocycles. The van der Waals surface area contributed by atoms with Crippen LogP contribution in [0.25, 0.3) is 0 Å². The van der Waals surface area contributed by atoms with Crippen molar-refractivity contribution in [3.05, 3.63) is 12.2 Å². The van der Waals surface area contributed by atoms with Crippen LogP contribution in [0.1, 0.15) is 26.7 Å². The first kappa shape index (κ1) is 57.7. The van der Waals surface area contributed by atoms with Gasteiger partial charge >= 0.3 is 47.2 Å². The molecular formula is C24H76O16Si16. The first-order chi connectivity index (χ1) is 26.7. The molecule has 32 heteroatoms. The van der Waals surface area contributed by atoms with Gasteiger partial charge in [0.15, 0.2) is 0 Å². The Labute approximate surface area is 370 Å². The predicted octanol–water partition coefficient (Wildman–Crippen LogP) is -4.45. The van der Waals surface area contributed by atoms with Crippen molar-refractivity contribution in [1.82, 2.24) is 0 Å². The van der Waals surface area contributed by atoms with Crippen LogP contribution in [0.5, 0.6) is 0 Å². The van der Waals surface area contributed by atoms with Crippen LogP contribution in [0.3, 0.4) is 0 Å². The van der Waals surface area contributed by atoms with E-state index in [0.29, 0.717) is 12.8 Å². The molecule has 0 saturated carbocycles. The van der Waals surface area contributed by atoms with Crippen LogP contribution in [0.2, 0.25) is 87.9 Å². The Bertz CT molecular complexity index is 919. The molecule has 0 amide bonds. The largest absolute Gasteiger partial charge is 0.479 e. The molecule has 0 aromatic rings. The van der Waals surface area contributed by atoms with E-state index in [9.17, 15) is 9.59 Å². The number of esters is 2. The average Bonchev–Trinajstić information content (AvgIpc) is 3.14. The summed E-state index contributed by atoms with van der Waals surface area (Å²) in [7, 11) is -25.1. The Morgan fingerprint density at radius 1 is 0.375 bits per heavy atom. The highest BCUT2D eigenvalue weighted by Crippen LogP contribution is 2.53. The van der Waals surface area contributed by atoms with Crippen molar-refractivity contribution in [2.45, 2.75) is 115 Å². The molecule has 0 unspecified atom stereocenters. The average molecular weight is 1070 g/mol. The Morgan fingerprint density at radius 2 is 0.536 bits per heavy atom. The normalized spacial score (nSPS) is 21.2. The Morgan fingerprint density at radius 3 is 0.679 bits per heavy atom. The lowest BCUT2D eigenvalue weighted by Crippen LogP contribution is -2.71. The molecule has 0 bridgehead atoms. The summed E-state index contributed by atoms with van der Waals surface area (Å²) in [5, 5.41) is 0. The van der Waals surface area contributed by atoms with Crippen molar-refractivity contribution < 1.29 is 68.4 Å². The number of carbonyl (C=O) groups is 2. The molecule has 0 saturated heterocycles. The molecule has 0 rings (SSSR count). The van der Waals surface area contributed by atoms with E-state index >= 15 is 0 Å². The molecule has 56 heavy (non-hydrogen) atoms. The molecule has 0 aliphatic heterocycles. The summed E-state index contributed by atoms with van der Waals surface area (Å²) >= 11 is 0. The smallest absolute Gasteiger partial charge is 0.463 e. The third-order valence-corrected chi connectivity index (χ3v) is 50.9. The number of hydrogen-bond acceptors (Lipinski definition) is 16. The maximum atomic E-state index is 13.1. The monoisotopic (exact) mass is 1070 g/mol. The van der Waals surface area contributed by atoms with Crippen LogP contribution in [0.15, 0.2) is 12.2 Å². The minimum atomic E-state index is -3.37. The summed E-state index contributed by atoms with van der Waals surface area (Å²) in [6, 6.07) is 0. The summed E-state index contributed by atoms with van der Waals surface area (Å²) in [4.78, 5) is 26.2. The second-order valence-corrected chi connectivity index (χ2v) is 42.9. The van der Waals surface area contributed by atoms with Crippen molar-refractivity contribution in [1.29, 1.82) is 0 Å². The Balaban J connectivity index is 6.46. The summed E-state index contributed by atoms with van der Waals surface area (Å²) in [5.74, 6) is -1.35. The highest BCUT2D eigenvalue weighted by atomic mass is 28.5. The van der Waals surface area contributed by atoms with E-state index in [1.165, 1.54) is 0 Å². The van der Waals surface area contributed by atoms with Gasteiger partial charge < -0.3 is 58.9 Å². The van der Waals surface area contributed by atoms with Gasteiger partial charge in [0.05, 0.1) is 13.2 Å². The lowest BCUT2D eigenvalue weighted by Gasteiger charge is -2.51. The maximum Gasteiger partial charge on any atom is 0.479 e. The van der Waals surface area contributed by atoms with Crippen LogP contribution in [0, 0.1) is 0 Å². The standard InChI is InChI=1S/C24H76O16Si16/c1-23(53(29-41-3,30-42-4)31-43-5,54(32-44-6,33-45-7)34-46-8)17-19-27-21(25)15-16-22(26)28-20-18-24(2,55(35-47-9,36-48-10)37-49-11)56(38-50-12,39-51-13)40-52-14/h15-16H,17-20,41-52H2,1-14H3/b16-15+. The molecule has 0 aliphatic carbocycles. The van der Waals surface area contributed by atoms with Gasteiger partial charge in [-0.2, -0.15) is 0 Å². The molecular weight excluding hydrogens is 994 g/mol. The van der Waals surface area contributed by atoms with Gasteiger partial charge in [-0.3, -0.25) is 0 Å². The zero-order valence-corrected chi connectivity index (χ0v) is 58.0. The fourth-order valence-corrected chi connectivity index (χ4v) is 65.6. The second kappa shape index (κ2) is 30.7. The molecule has 16 nitrogen and oxygen atoms in total. The Hall–Kier alpha value is 1.67. The minimum absolute atomic E-state index is 0.0101. The van der Waals surface area contributed by atoms with Gasteiger partial charge in [0.25, 0.3) is 0 Å². The van der Waals surface area contributed by atoms with Gasteiger partial charge in [-0.15, -0.1) is 0 Å². The van der Waals surface area contributed by atoms with E-state index in [-0.39, 0.29) is 13.2 Å². The lowest BCUT2D eigenvalue weighted by atomic mass is 10.3. The fraction of sp³-hybridized carbons (Fsp3) is 0.833. The highest BCUT2D eigenvalue weighted by Gasteiger charge is 2.73. The zero-order valence-electron chi connectivity index (χ0n) is 37.0. The number of hydrogen-bond donors (Lipinski definition) is 0. The Kier molecular flexibility index (Phi) is 31.6. The van der Waals surface area contributed by atoms with Gasteiger partial charge in [-0.25, -0.2) is 9.59 Å². The molecule has 0 atom stereocenters. The topological polar surface area (TPSA) is 163 Å². The summed E-state index contributed by atoms with van der Waals surface area (Å²) in [6.07, 6.45) is 2.84. The van der Waals surface area contributed by atoms with Crippen molar-refractivity contribution in [2.24, 2.45) is 0 Å². The first-order valence-corrected chi connectivity index (χ1v) is 51.2. The molecule has 0 radical (unpaired) electrons. The van der Waals surface area contributed by atoms with Crippen molar-refractivity contribution in [3.8, 4) is 0 Å². The van der Waals surface area contributed by atoms with Gasteiger partial charge in [0.1, 0.15) is 126 Å². The van der Waals surface area contributed by atoms with Crippen LogP contribution in [-0.4, -0.2) is 178 Å². The molecule has 0 N–H and O–H groups in total. The molecule has 332 valence electrons. The maximum absolute atomic E-state index is 13.1.